The molecule has 0 bridgehead atoms. The second-order valence-corrected chi connectivity index (χ2v) is 6.51. The van der Waals surface area contributed by atoms with Crippen LogP contribution in [-0.2, 0) is 4.74 Å². The first-order chi connectivity index (χ1) is 9.40. The Kier molecular flexibility index (Phi) is 4.19. The summed E-state index contributed by atoms with van der Waals surface area (Å²) in [6.45, 7) is 6.90. The van der Waals surface area contributed by atoms with E-state index in [0.717, 1.165) is 6.42 Å². The summed E-state index contributed by atoms with van der Waals surface area (Å²) in [4.78, 5) is 16.8. The number of hydrogen-bond donors (Lipinski definition) is 3. The van der Waals surface area contributed by atoms with Crippen LogP contribution < -0.4 is 16.4 Å². The topological polar surface area (TPSA) is 89.3 Å². The van der Waals surface area contributed by atoms with E-state index < -0.39 is 0 Å². The molecule has 20 heavy (non-hydrogen) atoms. The maximum atomic E-state index is 12.3. The largest absolute Gasteiger partial charge is 0.382 e. The molecule has 0 radical (unpaired) electrons. The molecule has 1 aromatic rings. The van der Waals surface area contributed by atoms with Crippen LogP contribution in [0, 0.1) is 5.41 Å². The molecule has 0 saturated heterocycles. The average molecular weight is 298 g/mol. The smallest absolute Gasteiger partial charge is 0.265 e. The third kappa shape index (κ3) is 2.60. The SMILES string of the molecule is CCOC1CC(NC(=O)c2sc(NC)nc2N)C1(C)C. The van der Waals surface area contributed by atoms with Crippen LogP contribution in [-0.4, -0.2) is 36.7 Å². The van der Waals surface area contributed by atoms with E-state index in [1.807, 2.05) is 6.92 Å². The Morgan fingerprint density at radius 2 is 2.30 bits per heavy atom. The minimum Gasteiger partial charge on any atom is -0.382 e. The first-order valence-electron chi connectivity index (χ1n) is 6.76. The first-order valence-corrected chi connectivity index (χ1v) is 7.58. The highest BCUT2D eigenvalue weighted by molar-refractivity contribution is 7.18. The number of rotatable bonds is 5. The minimum absolute atomic E-state index is 0.0586. The van der Waals surface area contributed by atoms with E-state index in [1.165, 1.54) is 11.3 Å². The molecule has 1 aliphatic rings. The van der Waals surface area contributed by atoms with Gasteiger partial charge < -0.3 is 21.1 Å². The quantitative estimate of drug-likeness (QED) is 0.770. The van der Waals surface area contributed by atoms with E-state index in [0.29, 0.717) is 16.6 Å². The number of nitrogens with zero attached hydrogens (tertiary/aromatic N) is 1. The highest BCUT2D eigenvalue weighted by Gasteiger charge is 2.49. The molecule has 1 aromatic heterocycles. The number of anilines is 2. The molecule has 1 amide bonds. The molecular weight excluding hydrogens is 276 g/mol. The van der Waals surface area contributed by atoms with E-state index >= 15 is 0 Å². The van der Waals surface area contributed by atoms with Crippen molar-refractivity contribution in [2.45, 2.75) is 39.3 Å². The second-order valence-electron chi connectivity index (χ2n) is 5.51. The van der Waals surface area contributed by atoms with Crippen LogP contribution in [0.25, 0.3) is 0 Å². The lowest BCUT2D eigenvalue weighted by Gasteiger charge is -2.51. The van der Waals surface area contributed by atoms with Gasteiger partial charge in [0.1, 0.15) is 10.7 Å². The van der Waals surface area contributed by atoms with Crippen LogP contribution >= 0.6 is 11.3 Å². The summed E-state index contributed by atoms with van der Waals surface area (Å²) in [6, 6.07) is 0.103. The number of hydrogen-bond acceptors (Lipinski definition) is 6. The third-order valence-electron chi connectivity index (χ3n) is 3.92. The molecule has 0 aliphatic heterocycles. The van der Waals surface area contributed by atoms with Crippen LogP contribution in [0.5, 0.6) is 0 Å². The van der Waals surface area contributed by atoms with E-state index in [2.05, 4.69) is 29.5 Å². The van der Waals surface area contributed by atoms with Crippen LogP contribution in [0.4, 0.5) is 10.9 Å². The Morgan fingerprint density at radius 1 is 1.60 bits per heavy atom. The normalized spacial score (nSPS) is 24.0. The van der Waals surface area contributed by atoms with E-state index in [-0.39, 0.29) is 29.3 Å². The zero-order valence-electron chi connectivity index (χ0n) is 12.3. The zero-order valence-corrected chi connectivity index (χ0v) is 13.1. The van der Waals surface area contributed by atoms with Gasteiger partial charge in [0.15, 0.2) is 5.13 Å². The summed E-state index contributed by atoms with van der Waals surface area (Å²) in [7, 11) is 1.75. The molecule has 6 nitrogen and oxygen atoms in total. The Hall–Kier alpha value is -1.34. The van der Waals surface area contributed by atoms with Crippen molar-refractivity contribution in [3.63, 3.8) is 0 Å². The van der Waals surface area contributed by atoms with Crippen molar-refractivity contribution in [3.8, 4) is 0 Å². The fourth-order valence-corrected chi connectivity index (χ4v) is 3.18. The van der Waals surface area contributed by atoms with Crippen molar-refractivity contribution in [2.24, 2.45) is 5.41 Å². The maximum Gasteiger partial charge on any atom is 0.265 e. The number of amides is 1. The number of aromatic nitrogens is 1. The summed E-state index contributed by atoms with van der Waals surface area (Å²) in [6.07, 6.45) is 1.04. The van der Waals surface area contributed by atoms with Gasteiger partial charge in [0.25, 0.3) is 5.91 Å². The summed E-state index contributed by atoms with van der Waals surface area (Å²) in [5, 5.41) is 6.57. The second kappa shape index (κ2) is 5.57. The predicted octanol–water partition coefficient (Wildman–Crippen LogP) is 1.70. The minimum atomic E-state index is -0.158. The van der Waals surface area contributed by atoms with E-state index in [9.17, 15) is 4.79 Å². The van der Waals surface area contributed by atoms with Gasteiger partial charge in [0.05, 0.1) is 6.10 Å². The van der Waals surface area contributed by atoms with Gasteiger partial charge in [-0.25, -0.2) is 4.98 Å². The van der Waals surface area contributed by atoms with Crippen molar-refractivity contribution in [3.05, 3.63) is 4.88 Å². The lowest BCUT2D eigenvalue weighted by molar-refractivity contribution is -0.111. The van der Waals surface area contributed by atoms with E-state index in [1.54, 1.807) is 7.05 Å². The van der Waals surface area contributed by atoms with Crippen LogP contribution in [0.3, 0.4) is 0 Å². The standard InChI is InChI=1S/C13H22N4O2S/c1-5-19-8-6-7(13(8,2)3)16-11(18)9-10(14)17-12(15-4)20-9/h7-8H,5-6,14H2,1-4H3,(H,15,17)(H,16,18). The zero-order chi connectivity index (χ0) is 14.9. The summed E-state index contributed by atoms with van der Waals surface area (Å²) in [5.41, 5.74) is 5.71. The number of thiazole rings is 1. The molecule has 2 atom stereocenters. The summed E-state index contributed by atoms with van der Waals surface area (Å²) in [5.74, 6) is 0.116. The van der Waals surface area contributed by atoms with Gasteiger partial charge >= 0.3 is 0 Å². The lowest BCUT2D eigenvalue weighted by Crippen LogP contribution is -2.62. The molecule has 1 heterocycles. The van der Waals surface area contributed by atoms with Gasteiger partial charge in [0, 0.05) is 25.1 Å². The van der Waals surface area contributed by atoms with E-state index in [4.69, 9.17) is 10.5 Å². The maximum absolute atomic E-state index is 12.3. The fraction of sp³-hybridized carbons (Fsp3) is 0.692. The Bertz CT molecular complexity index is 501. The van der Waals surface area contributed by atoms with Gasteiger partial charge in [0.2, 0.25) is 0 Å². The summed E-state index contributed by atoms with van der Waals surface area (Å²) >= 11 is 1.26. The van der Waals surface area contributed by atoms with Gasteiger partial charge in [-0.05, 0) is 13.3 Å². The number of nitrogens with one attached hydrogen (secondary N) is 2. The number of nitrogens with two attached hydrogens (primary N) is 1. The fourth-order valence-electron chi connectivity index (χ4n) is 2.44. The summed E-state index contributed by atoms with van der Waals surface area (Å²) < 4.78 is 5.66. The Labute approximate surface area is 123 Å². The van der Waals surface area contributed by atoms with Crippen LogP contribution in [0.2, 0.25) is 0 Å². The molecule has 1 saturated carbocycles. The average Bonchev–Trinajstić information content (AvgIpc) is 2.79. The van der Waals surface area contributed by atoms with Gasteiger partial charge in [-0.2, -0.15) is 0 Å². The number of carbonyl (C=O) groups is 1. The molecule has 2 unspecified atom stereocenters. The Morgan fingerprint density at radius 3 is 2.80 bits per heavy atom. The number of carbonyl (C=O) groups excluding carboxylic acids is 1. The monoisotopic (exact) mass is 298 g/mol. The van der Waals surface area contributed by atoms with Crippen molar-refractivity contribution < 1.29 is 9.53 Å². The molecule has 2 rings (SSSR count). The van der Waals surface area contributed by atoms with Crippen molar-refractivity contribution >= 4 is 28.2 Å². The van der Waals surface area contributed by atoms with Crippen LogP contribution in [0.1, 0.15) is 36.9 Å². The molecule has 4 N–H and O–H groups in total. The first kappa shape index (κ1) is 15.1. The van der Waals surface area contributed by atoms with Gasteiger partial charge in [-0.3, -0.25) is 4.79 Å². The van der Waals surface area contributed by atoms with Crippen molar-refractivity contribution in [2.75, 3.05) is 24.7 Å². The van der Waals surface area contributed by atoms with Gasteiger partial charge in [-0.1, -0.05) is 25.2 Å². The van der Waals surface area contributed by atoms with Gasteiger partial charge in [-0.15, -0.1) is 0 Å². The van der Waals surface area contributed by atoms with Crippen molar-refractivity contribution in [1.29, 1.82) is 0 Å². The predicted molar refractivity (Wildman–Crippen MR) is 81.1 cm³/mol. The van der Waals surface area contributed by atoms with Crippen LogP contribution in [0.15, 0.2) is 0 Å². The molecule has 7 heteroatoms. The highest BCUT2D eigenvalue weighted by atomic mass is 32.1. The molecule has 112 valence electrons. The molecular formula is C13H22N4O2S. The molecule has 0 spiro atoms. The Balaban J connectivity index is 2.01. The highest BCUT2D eigenvalue weighted by Crippen LogP contribution is 2.43. The lowest BCUT2D eigenvalue weighted by atomic mass is 9.64. The molecule has 1 fully saturated rings. The van der Waals surface area contributed by atoms with Crippen molar-refractivity contribution in [1.82, 2.24) is 10.3 Å². The third-order valence-corrected chi connectivity index (χ3v) is 5.01. The molecule has 1 aliphatic carbocycles. The molecule has 0 aromatic carbocycles. The number of nitrogen functional groups attached to an aromatic ring is 1. The number of ether oxygens (including phenoxy) is 1.